The Kier molecular flexibility index (Phi) is 5.13. The molecule has 1 aromatic carbocycles. The summed E-state index contributed by atoms with van der Waals surface area (Å²) in [6.45, 7) is 1.40. The van der Waals surface area contributed by atoms with Gasteiger partial charge in [-0.2, -0.15) is 5.26 Å². The van der Waals surface area contributed by atoms with Crippen molar-refractivity contribution in [2.24, 2.45) is 0 Å². The second-order valence-corrected chi connectivity index (χ2v) is 9.05. The lowest BCUT2D eigenvalue weighted by Crippen LogP contribution is -2.51. The molecule has 2 aliphatic rings. The van der Waals surface area contributed by atoms with Gasteiger partial charge in [-0.3, -0.25) is 14.5 Å². The summed E-state index contributed by atoms with van der Waals surface area (Å²) in [5.41, 5.74) is 0.804. The van der Waals surface area contributed by atoms with Crippen LogP contribution >= 0.6 is 11.3 Å². The van der Waals surface area contributed by atoms with Crippen LogP contribution in [0.2, 0.25) is 0 Å². The van der Waals surface area contributed by atoms with E-state index in [0.717, 1.165) is 20.9 Å². The number of aryl methyl sites for hydroxylation is 1. The number of thiophene rings is 1. The maximum absolute atomic E-state index is 13.5. The molecule has 160 valence electrons. The third-order valence-corrected chi connectivity index (χ3v) is 7.16. The van der Waals surface area contributed by atoms with E-state index >= 15 is 0 Å². The number of rotatable bonds is 4. The highest BCUT2D eigenvalue weighted by Crippen LogP contribution is 2.41. The summed E-state index contributed by atoms with van der Waals surface area (Å²) in [7, 11) is 0. The van der Waals surface area contributed by atoms with Crippen molar-refractivity contribution in [2.75, 3.05) is 6.54 Å². The number of alkyl halides is 2. The first-order valence-electron chi connectivity index (χ1n) is 9.80. The Morgan fingerprint density at radius 1 is 1.23 bits per heavy atom. The van der Waals surface area contributed by atoms with Gasteiger partial charge in [0.2, 0.25) is 5.92 Å². The van der Waals surface area contributed by atoms with Gasteiger partial charge in [0, 0.05) is 17.7 Å². The zero-order valence-corrected chi connectivity index (χ0v) is 17.5. The minimum Gasteiger partial charge on any atom is -0.323 e. The number of Topliss-reactive ketones (excluding diaryl/α,β-unsaturated/α-hetero) is 1. The number of nitrogens with zero attached hydrogens (tertiary/aromatic N) is 2. The van der Waals surface area contributed by atoms with Gasteiger partial charge in [-0.25, -0.2) is 13.6 Å². The second-order valence-electron chi connectivity index (χ2n) is 8.00. The Bertz CT molecular complexity index is 1130. The molecule has 0 radical (unpaired) electrons. The molecule has 1 spiro atoms. The first-order valence-corrected chi connectivity index (χ1v) is 10.6. The van der Waals surface area contributed by atoms with Crippen LogP contribution in [0.25, 0.3) is 10.4 Å². The predicted octanol–water partition coefficient (Wildman–Crippen LogP) is 4.28. The van der Waals surface area contributed by atoms with Crippen LogP contribution in [0.5, 0.6) is 0 Å². The van der Waals surface area contributed by atoms with E-state index in [9.17, 15) is 23.2 Å². The summed E-state index contributed by atoms with van der Waals surface area (Å²) in [6, 6.07) is 10.1. The van der Waals surface area contributed by atoms with Crippen molar-refractivity contribution < 1.29 is 23.2 Å². The highest BCUT2D eigenvalue weighted by Gasteiger charge is 2.55. The topological polar surface area (TPSA) is 90.3 Å². The van der Waals surface area contributed by atoms with Gasteiger partial charge < -0.3 is 5.32 Å². The lowest BCUT2D eigenvalue weighted by molar-refractivity contribution is -0.135. The van der Waals surface area contributed by atoms with Gasteiger partial charge in [0.05, 0.1) is 23.1 Å². The molecule has 1 N–H and O–H groups in total. The quantitative estimate of drug-likeness (QED) is 0.564. The van der Waals surface area contributed by atoms with E-state index in [1.54, 1.807) is 24.3 Å². The standard InChI is InChI=1S/C22H19F2N3O3S/c1-13-9-17(31-18(13)15-4-2-3-14(10-15)11-25)16(28)12-27-19(29)21(26-20(27)30)5-7-22(23,24)8-6-21/h2-4,9-10H,5-8,12H2,1H3,(H,26,30). The van der Waals surface area contributed by atoms with Crippen molar-refractivity contribution in [3.8, 4) is 16.5 Å². The van der Waals surface area contributed by atoms with E-state index in [1.807, 2.05) is 13.0 Å². The fourth-order valence-corrected chi connectivity index (χ4v) is 5.16. The van der Waals surface area contributed by atoms with Crippen molar-refractivity contribution in [3.63, 3.8) is 0 Å². The first kappa shape index (κ1) is 21.1. The van der Waals surface area contributed by atoms with Crippen molar-refractivity contribution in [1.29, 1.82) is 5.26 Å². The molecule has 1 aromatic heterocycles. The lowest BCUT2D eigenvalue weighted by Gasteiger charge is -2.34. The Morgan fingerprint density at radius 3 is 2.61 bits per heavy atom. The summed E-state index contributed by atoms with van der Waals surface area (Å²) < 4.78 is 27.0. The summed E-state index contributed by atoms with van der Waals surface area (Å²) in [5.74, 6) is -3.86. The number of carbonyl (C=O) groups is 3. The summed E-state index contributed by atoms with van der Waals surface area (Å²) in [5, 5.41) is 11.6. The van der Waals surface area contributed by atoms with E-state index in [4.69, 9.17) is 5.26 Å². The number of halogens is 2. The molecule has 4 rings (SSSR count). The van der Waals surface area contributed by atoms with Gasteiger partial charge in [-0.15, -0.1) is 11.3 Å². The monoisotopic (exact) mass is 443 g/mol. The number of nitrogens with one attached hydrogen (secondary N) is 1. The van der Waals surface area contributed by atoms with Gasteiger partial charge in [-0.1, -0.05) is 12.1 Å². The van der Waals surface area contributed by atoms with Crippen molar-refractivity contribution in [1.82, 2.24) is 10.2 Å². The average molecular weight is 443 g/mol. The Labute approximate surface area is 181 Å². The van der Waals surface area contributed by atoms with Gasteiger partial charge in [0.1, 0.15) is 5.54 Å². The normalized spacial score (nSPS) is 19.4. The SMILES string of the molecule is Cc1cc(C(=O)CN2C(=O)NC3(CCC(F)(F)CC3)C2=O)sc1-c1cccc(C#N)c1. The molecule has 0 atom stereocenters. The van der Waals surface area contributed by atoms with Crippen LogP contribution in [0.4, 0.5) is 13.6 Å². The van der Waals surface area contributed by atoms with Gasteiger partial charge in [0.15, 0.2) is 5.78 Å². The summed E-state index contributed by atoms with van der Waals surface area (Å²) >= 11 is 1.22. The van der Waals surface area contributed by atoms with E-state index in [0.29, 0.717) is 10.4 Å². The molecule has 1 saturated heterocycles. The first-order chi connectivity index (χ1) is 14.6. The van der Waals surface area contributed by atoms with E-state index < -0.39 is 48.6 Å². The van der Waals surface area contributed by atoms with Crippen molar-refractivity contribution >= 4 is 29.1 Å². The van der Waals surface area contributed by atoms with Crippen LogP contribution < -0.4 is 5.32 Å². The molecule has 1 aliphatic heterocycles. The average Bonchev–Trinajstić information content (AvgIpc) is 3.24. The number of nitriles is 1. The molecule has 6 nitrogen and oxygen atoms in total. The Morgan fingerprint density at radius 2 is 1.94 bits per heavy atom. The fourth-order valence-electron chi connectivity index (χ4n) is 4.06. The van der Waals surface area contributed by atoms with Crippen molar-refractivity contribution in [2.45, 2.75) is 44.1 Å². The zero-order valence-electron chi connectivity index (χ0n) is 16.7. The number of carbonyl (C=O) groups excluding carboxylic acids is 3. The molecular weight excluding hydrogens is 424 g/mol. The molecule has 1 aliphatic carbocycles. The largest absolute Gasteiger partial charge is 0.325 e. The Balaban J connectivity index is 1.52. The number of ketones is 1. The molecule has 2 heterocycles. The van der Waals surface area contributed by atoms with Crippen LogP contribution in [-0.2, 0) is 4.79 Å². The van der Waals surface area contributed by atoms with Crippen LogP contribution in [-0.4, -0.2) is 40.6 Å². The fraction of sp³-hybridized carbons (Fsp3) is 0.364. The van der Waals surface area contributed by atoms with Gasteiger partial charge in [0.25, 0.3) is 5.91 Å². The molecule has 2 fully saturated rings. The second kappa shape index (κ2) is 7.54. The minimum absolute atomic E-state index is 0.146. The highest BCUT2D eigenvalue weighted by molar-refractivity contribution is 7.17. The maximum Gasteiger partial charge on any atom is 0.325 e. The number of hydrogen-bond acceptors (Lipinski definition) is 5. The highest BCUT2D eigenvalue weighted by atomic mass is 32.1. The number of imide groups is 1. The van der Waals surface area contributed by atoms with Crippen molar-refractivity contribution in [3.05, 3.63) is 46.3 Å². The predicted molar refractivity (Wildman–Crippen MR) is 110 cm³/mol. The van der Waals surface area contributed by atoms with Crippen LogP contribution in [0.15, 0.2) is 30.3 Å². The van der Waals surface area contributed by atoms with E-state index in [-0.39, 0.29) is 12.8 Å². The minimum atomic E-state index is -2.84. The molecule has 31 heavy (non-hydrogen) atoms. The molecule has 2 aromatic rings. The number of benzene rings is 1. The molecule has 9 heteroatoms. The van der Waals surface area contributed by atoms with E-state index in [2.05, 4.69) is 11.4 Å². The van der Waals surface area contributed by atoms with Crippen LogP contribution in [0, 0.1) is 18.3 Å². The summed E-state index contributed by atoms with van der Waals surface area (Å²) in [6.07, 6.45) is -1.24. The summed E-state index contributed by atoms with van der Waals surface area (Å²) in [4.78, 5) is 40.1. The molecule has 0 unspecified atom stereocenters. The number of urea groups is 1. The zero-order chi connectivity index (χ0) is 22.4. The Hall–Kier alpha value is -3.12. The maximum atomic E-state index is 13.5. The van der Waals surface area contributed by atoms with Crippen LogP contribution in [0.3, 0.4) is 0 Å². The molecule has 1 saturated carbocycles. The molecule has 0 bridgehead atoms. The lowest BCUT2D eigenvalue weighted by atomic mass is 9.80. The smallest absolute Gasteiger partial charge is 0.323 e. The van der Waals surface area contributed by atoms with E-state index in [1.165, 1.54) is 11.3 Å². The number of amides is 3. The number of hydrogen-bond donors (Lipinski definition) is 1. The third kappa shape index (κ3) is 3.83. The van der Waals surface area contributed by atoms with Gasteiger partial charge >= 0.3 is 6.03 Å². The molecule has 3 amide bonds. The third-order valence-electron chi connectivity index (χ3n) is 5.83. The van der Waals surface area contributed by atoms with Crippen LogP contribution in [0.1, 0.15) is 46.5 Å². The van der Waals surface area contributed by atoms with Gasteiger partial charge in [-0.05, 0) is 49.1 Å². The molecular formula is C22H19F2N3O3S.